The van der Waals surface area contributed by atoms with Crippen LogP contribution in [0.15, 0.2) is 24.3 Å². The van der Waals surface area contributed by atoms with E-state index in [0.717, 1.165) is 127 Å². The van der Waals surface area contributed by atoms with E-state index in [9.17, 15) is 43.2 Å². The number of carbonyl (C=O) groups is 4. The van der Waals surface area contributed by atoms with Gasteiger partial charge in [-0.3, -0.25) is 37.3 Å². The zero-order valence-electron chi connectivity index (χ0n) is 63.0. The highest BCUT2D eigenvalue weighted by atomic mass is 31.2. The van der Waals surface area contributed by atoms with Gasteiger partial charge in [0.25, 0.3) is 0 Å². The maximum Gasteiger partial charge on any atom is 0.472 e. The first-order valence-electron chi connectivity index (χ1n) is 39.7. The molecular weight excluding hydrogens is 1270 g/mol. The Morgan fingerprint density at radius 2 is 0.608 bits per heavy atom. The lowest BCUT2D eigenvalue weighted by atomic mass is 9.99. The number of allylic oxidation sites excluding steroid dienone is 4. The van der Waals surface area contributed by atoms with Gasteiger partial charge in [-0.15, -0.1) is 0 Å². The van der Waals surface area contributed by atoms with E-state index in [0.29, 0.717) is 31.6 Å². The molecule has 0 aliphatic rings. The van der Waals surface area contributed by atoms with Gasteiger partial charge in [-0.05, 0) is 69.1 Å². The summed E-state index contributed by atoms with van der Waals surface area (Å²) >= 11 is 0. The number of phosphoric acid groups is 2. The van der Waals surface area contributed by atoms with E-state index >= 15 is 0 Å². The molecule has 0 aromatic carbocycles. The number of aliphatic hydroxyl groups is 1. The van der Waals surface area contributed by atoms with Gasteiger partial charge in [0.1, 0.15) is 19.3 Å². The smallest absolute Gasteiger partial charge is 0.462 e. The second-order valence-corrected chi connectivity index (χ2v) is 31.3. The van der Waals surface area contributed by atoms with Crippen molar-refractivity contribution in [2.75, 3.05) is 39.6 Å². The highest BCUT2D eigenvalue weighted by molar-refractivity contribution is 7.47. The Morgan fingerprint density at radius 1 is 0.340 bits per heavy atom. The maximum atomic E-state index is 13.1. The highest BCUT2D eigenvalue weighted by Crippen LogP contribution is 2.45. The molecule has 0 amide bonds. The van der Waals surface area contributed by atoms with E-state index in [-0.39, 0.29) is 25.7 Å². The number of unbranched alkanes of at least 4 members (excludes halogenated alkanes) is 37. The van der Waals surface area contributed by atoms with Crippen molar-refractivity contribution < 1.29 is 80.2 Å². The van der Waals surface area contributed by atoms with Crippen LogP contribution in [0.2, 0.25) is 0 Å². The second-order valence-electron chi connectivity index (χ2n) is 28.4. The monoisotopic (exact) mass is 1420 g/mol. The average molecular weight is 1420 g/mol. The Hall–Kier alpha value is -2.46. The molecule has 0 bridgehead atoms. The minimum atomic E-state index is -4.96. The number of ether oxygens (including phenoxy) is 4. The number of rotatable bonds is 74. The first-order valence-corrected chi connectivity index (χ1v) is 42.7. The van der Waals surface area contributed by atoms with E-state index in [1.807, 2.05) is 0 Å². The maximum absolute atomic E-state index is 13.1. The van der Waals surface area contributed by atoms with Crippen LogP contribution in [0.4, 0.5) is 0 Å². The fourth-order valence-corrected chi connectivity index (χ4v) is 12.9. The Morgan fingerprint density at radius 3 is 0.918 bits per heavy atom. The summed E-state index contributed by atoms with van der Waals surface area (Å²) in [4.78, 5) is 72.8. The largest absolute Gasteiger partial charge is 0.472 e. The van der Waals surface area contributed by atoms with Crippen LogP contribution in [0.25, 0.3) is 0 Å². The lowest BCUT2D eigenvalue weighted by Crippen LogP contribution is -2.30. The first-order chi connectivity index (χ1) is 46.8. The van der Waals surface area contributed by atoms with Crippen LogP contribution in [0.3, 0.4) is 0 Å². The molecule has 0 spiro atoms. The average Bonchev–Trinajstić information content (AvgIpc) is 1.59. The van der Waals surface area contributed by atoms with Crippen LogP contribution in [-0.4, -0.2) is 96.7 Å². The number of phosphoric ester groups is 2. The van der Waals surface area contributed by atoms with Crippen LogP contribution >= 0.6 is 15.6 Å². The molecule has 0 aliphatic carbocycles. The summed E-state index contributed by atoms with van der Waals surface area (Å²) in [6, 6.07) is 0. The molecule has 0 aromatic rings. The molecule has 97 heavy (non-hydrogen) atoms. The van der Waals surface area contributed by atoms with Gasteiger partial charge in [-0.2, -0.15) is 0 Å². The van der Waals surface area contributed by atoms with Crippen molar-refractivity contribution in [3.63, 3.8) is 0 Å². The van der Waals surface area contributed by atoms with Crippen LogP contribution in [0.1, 0.15) is 376 Å². The SMILES string of the molecule is CCCCCC/C=C\C=C/CCCCCCCC(=O)OC[C@H](COP(=O)(O)OC[C@@H](O)COP(=O)(O)OC[C@@H](COC(=O)CCCCCCCCC(C)CC)OC(=O)CCCCCCCCCCCCCCCCCCCCC(C)CC)OC(=O)CCCCCCCCCC(C)C. The molecule has 0 fully saturated rings. The highest BCUT2D eigenvalue weighted by Gasteiger charge is 2.30. The molecule has 17 nitrogen and oxygen atoms in total. The summed E-state index contributed by atoms with van der Waals surface area (Å²) in [5, 5.41) is 10.6. The standard InChI is InChI=1S/C78H148O17P2/c1-8-11-12-13-14-15-16-17-22-26-29-32-37-45-52-59-75(80)88-65-73(95-78(83)62-55-48-39-34-35-42-49-56-69(4)5)67-92-96(84,85)90-63-72(79)64-91-97(86,87)93-68-74(66-89-76(81)60-53-46-41-40-44-51-58-71(7)10-3)94-77(82)61-54-47-38-33-30-27-24-21-19-18-20-23-25-28-31-36-43-50-57-70(6)9-2/h15-17,22,69-74,79H,8-14,18-21,23-68H2,1-7H3,(H,84,85)(H,86,87)/b16-15-,22-17-/t70?,71?,72-,73-,74-/m1/s1. The summed E-state index contributed by atoms with van der Waals surface area (Å²) in [6.45, 7) is 11.8. The number of hydrogen-bond acceptors (Lipinski definition) is 15. The van der Waals surface area contributed by atoms with E-state index in [4.69, 9.17) is 37.0 Å². The van der Waals surface area contributed by atoms with Crippen LogP contribution in [0.5, 0.6) is 0 Å². The third kappa shape index (κ3) is 69.1. The quantitative estimate of drug-likeness (QED) is 0.0169. The van der Waals surface area contributed by atoms with Gasteiger partial charge in [-0.25, -0.2) is 9.13 Å². The molecule has 7 atom stereocenters. The van der Waals surface area contributed by atoms with Crippen molar-refractivity contribution >= 4 is 39.5 Å². The van der Waals surface area contributed by atoms with Gasteiger partial charge in [0, 0.05) is 25.7 Å². The summed E-state index contributed by atoms with van der Waals surface area (Å²) in [7, 11) is -9.92. The van der Waals surface area contributed by atoms with Gasteiger partial charge >= 0.3 is 39.5 Å². The van der Waals surface area contributed by atoms with E-state index < -0.39 is 97.5 Å². The third-order valence-corrected chi connectivity index (χ3v) is 20.1. The number of esters is 4. The van der Waals surface area contributed by atoms with E-state index in [1.165, 1.54) is 161 Å². The predicted molar refractivity (Wildman–Crippen MR) is 395 cm³/mol. The molecule has 0 saturated carbocycles. The lowest BCUT2D eigenvalue weighted by molar-refractivity contribution is -0.161. The van der Waals surface area contributed by atoms with Crippen molar-refractivity contribution in [2.45, 2.75) is 394 Å². The van der Waals surface area contributed by atoms with Crippen molar-refractivity contribution in [1.29, 1.82) is 0 Å². The van der Waals surface area contributed by atoms with E-state index in [2.05, 4.69) is 72.8 Å². The van der Waals surface area contributed by atoms with Crippen LogP contribution in [-0.2, 0) is 65.4 Å². The topological polar surface area (TPSA) is 237 Å². The van der Waals surface area contributed by atoms with E-state index in [1.54, 1.807) is 0 Å². The Labute approximate surface area is 592 Å². The Kier molecular flexibility index (Phi) is 66.3. The molecule has 0 heterocycles. The number of carbonyl (C=O) groups excluding carboxylic acids is 4. The molecule has 19 heteroatoms. The second kappa shape index (κ2) is 68.0. The third-order valence-electron chi connectivity index (χ3n) is 18.2. The summed E-state index contributed by atoms with van der Waals surface area (Å²) in [5.41, 5.74) is 0. The summed E-state index contributed by atoms with van der Waals surface area (Å²) in [6.07, 6.45) is 57.9. The molecular formula is C78H148O17P2. The van der Waals surface area contributed by atoms with Crippen LogP contribution < -0.4 is 0 Å². The van der Waals surface area contributed by atoms with Crippen LogP contribution in [0, 0.1) is 17.8 Å². The molecule has 0 aliphatic heterocycles. The molecule has 0 radical (unpaired) electrons. The van der Waals surface area contributed by atoms with Crippen molar-refractivity contribution in [1.82, 2.24) is 0 Å². The number of aliphatic hydroxyl groups excluding tert-OH is 1. The molecule has 0 saturated heterocycles. The normalized spacial score (nSPS) is 14.8. The first kappa shape index (κ1) is 94.5. The summed E-state index contributed by atoms with van der Waals surface area (Å²) in [5.74, 6) is 0.140. The zero-order chi connectivity index (χ0) is 71.6. The zero-order valence-corrected chi connectivity index (χ0v) is 64.8. The van der Waals surface area contributed by atoms with Gasteiger partial charge in [0.05, 0.1) is 26.4 Å². The Balaban J connectivity index is 5.18. The fourth-order valence-electron chi connectivity index (χ4n) is 11.4. The molecule has 4 unspecified atom stereocenters. The molecule has 572 valence electrons. The molecule has 0 aromatic heterocycles. The fraction of sp³-hybridized carbons (Fsp3) is 0.897. The minimum absolute atomic E-state index is 0.0964. The number of hydrogen-bond donors (Lipinski definition) is 3. The van der Waals surface area contributed by atoms with Gasteiger partial charge < -0.3 is 33.8 Å². The van der Waals surface area contributed by atoms with Gasteiger partial charge in [0.2, 0.25) is 0 Å². The van der Waals surface area contributed by atoms with Crippen molar-refractivity contribution in [2.24, 2.45) is 17.8 Å². The molecule has 3 N–H and O–H groups in total. The Bertz CT molecular complexity index is 1990. The minimum Gasteiger partial charge on any atom is -0.462 e. The summed E-state index contributed by atoms with van der Waals surface area (Å²) < 4.78 is 68.5. The van der Waals surface area contributed by atoms with Crippen molar-refractivity contribution in [3.8, 4) is 0 Å². The lowest BCUT2D eigenvalue weighted by Gasteiger charge is -2.21. The van der Waals surface area contributed by atoms with Gasteiger partial charge in [-0.1, -0.05) is 323 Å². The predicted octanol–water partition coefficient (Wildman–Crippen LogP) is 22.5. The van der Waals surface area contributed by atoms with Crippen molar-refractivity contribution in [3.05, 3.63) is 24.3 Å². The van der Waals surface area contributed by atoms with Gasteiger partial charge in [0.15, 0.2) is 12.2 Å². The molecule has 0 rings (SSSR count).